The SMILES string of the molecule is CCCc1ccc[n+](CC)c1.CS(=O)(=O)O. The van der Waals surface area contributed by atoms with E-state index in [-0.39, 0.29) is 0 Å². The van der Waals surface area contributed by atoms with Crippen LogP contribution in [0.5, 0.6) is 0 Å². The molecule has 0 aliphatic heterocycles. The molecule has 1 rings (SSSR count). The molecule has 0 atom stereocenters. The summed E-state index contributed by atoms with van der Waals surface area (Å²) in [6, 6.07) is 4.31. The quantitative estimate of drug-likeness (QED) is 0.648. The van der Waals surface area contributed by atoms with Crippen LogP contribution in [0.3, 0.4) is 0 Å². The third-order valence-electron chi connectivity index (χ3n) is 1.82. The van der Waals surface area contributed by atoms with Crippen LogP contribution < -0.4 is 4.57 Å². The zero-order chi connectivity index (χ0) is 12.6. The highest BCUT2D eigenvalue weighted by Crippen LogP contribution is 1.97. The Morgan fingerprint density at radius 3 is 2.38 bits per heavy atom. The lowest BCUT2D eigenvalue weighted by Crippen LogP contribution is -2.31. The fourth-order valence-corrected chi connectivity index (χ4v) is 1.21. The average Bonchev–Trinajstić information content (AvgIpc) is 2.16. The molecule has 0 aromatic carbocycles. The van der Waals surface area contributed by atoms with E-state index in [9.17, 15) is 8.42 Å². The molecule has 0 amide bonds. The van der Waals surface area contributed by atoms with Gasteiger partial charge in [0.05, 0.1) is 6.26 Å². The van der Waals surface area contributed by atoms with E-state index in [1.807, 2.05) is 0 Å². The number of pyridine rings is 1. The fourth-order valence-electron chi connectivity index (χ4n) is 1.21. The van der Waals surface area contributed by atoms with E-state index in [2.05, 4.69) is 42.9 Å². The molecule has 0 bridgehead atoms. The van der Waals surface area contributed by atoms with Crippen molar-refractivity contribution in [3.63, 3.8) is 0 Å². The third kappa shape index (κ3) is 9.61. The van der Waals surface area contributed by atoms with Crippen LogP contribution in [0.15, 0.2) is 24.5 Å². The monoisotopic (exact) mass is 246 g/mol. The summed E-state index contributed by atoms with van der Waals surface area (Å²) in [5, 5.41) is 0. The Morgan fingerprint density at radius 2 is 1.94 bits per heavy atom. The lowest BCUT2D eigenvalue weighted by Gasteiger charge is -1.95. The molecule has 0 saturated heterocycles. The van der Waals surface area contributed by atoms with Crippen LogP contribution in [0.25, 0.3) is 0 Å². The fraction of sp³-hybridized carbons (Fsp3) is 0.545. The van der Waals surface area contributed by atoms with Gasteiger partial charge in [0.1, 0.15) is 6.54 Å². The molecule has 0 aliphatic rings. The smallest absolute Gasteiger partial charge is 0.261 e. The summed E-state index contributed by atoms with van der Waals surface area (Å²) in [4.78, 5) is 0. The number of nitrogens with zero attached hydrogens (tertiary/aromatic N) is 1. The maximum absolute atomic E-state index is 9.19. The van der Waals surface area contributed by atoms with E-state index in [4.69, 9.17) is 4.55 Å². The number of rotatable bonds is 3. The molecule has 0 unspecified atom stereocenters. The van der Waals surface area contributed by atoms with Crippen molar-refractivity contribution in [1.29, 1.82) is 0 Å². The van der Waals surface area contributed by atoms with Crippen molar-refractivity contribution in [2.45, 2.75) is 33.2 Å². The Hall–Kier alpha value is -0.940. The van der Waals surface area contributed by atoms with Crippen LogP contribution in [0.1, 0.15) is 25.8 Å². The second-order valence-electron chi connectivity index (χ2n) is 3.53. The summed E-state index contributed by atoms with van der Waals surface area (Å²) >= 11 is 0. The maximum atomic E-state index is 9.19. The van der Waals surface area contributed by atoms with Crippen molar-refractivity contribution in [3.05, 3.63) is 30.1 Å². The van der Waals surface area contributed by atoms with Crippen molar-refractivity contribution >= 4 is 10.1 Å². The molecule has 1 aromatic heterocycles. The van der Waals surface area contributed by atoms with E-state index in [0.717, 1.165) is 6.54 Å². The van der Waals surface area contributed by atoms with Crippen LogP contribution in [-0.4, -0.2) is 19.2 Å². The van der Waals surface area contributed by atoms with Gasteiger partial charge in [-0.1, -0.05) is 13.3 Å². The Labute approximate surface area is 97.7 Å². The van der Waals surface area contributed by atoms with Crippen molar-refractivity contribution in [2.24, 2.45) is 0 Å². The molecule has 0 fully saturated rings. The van der Waals surface area contributed by atoms with Gasteiger partial charge in [0.15, 0.2) is 12.4 Å². The second-order valence-corrected chi connectivity index (χ2v) is 4.99. The summed E-state index contributed by atoms with van der Waals surface area (Å²) < 4.78 is 28.1. The first-order chi connectivity index (χ1) is 7.36. The van der Waals surface area contributed by atoms with E-state index >= 15 is 0 Å². The Kier molecular flexibility index (Phi) is 6.92. The van der Waals surface area contributed by atoms with Gasteiger partial charge in [-0.3, -0.25) is 4.55 Å². The van der Waals surface area contributed by atoms with Gasteiger partial charge >= 0.3 is 0 Å². The Bertz CT molecular complexity index is 393. The van der Waals surface area contributed by atoms with Crippen molar-refractivity contribution < 1.29 is 17.5 Å². The minimum Gasteiger partial charge on any atom is -0.286 e. The molecule has 92 valence electrons. The van der Waals surface area contributed by atoms with Crippen LogP contribution in [-0.2, 0) is 23.1 Å². The molecule has 1 heterocycles. The number of hydrogen-bond donors (Lipinski definition) is 1. The molecule has 4 nitrogen and oxygen atoms in total. The summed E-state index contributed by atoms with van der Waals surface area (Å²) in [6.07, 6.45) is 7.48. The highest BCUT2D eigenvalue weighted by atomic mass is 32.2. The first-order valence-corrected chi connectivity index (χ1v) is 7.12. The van der Waals surface area contributed by atoms with Crippen molar-refractivity contribution in [1.82, 2.24) is 0 Å². The maximum Gasteiger partial charge on any atom is 0.261 e. The lowest BCUT2D eigenvalue weighted by atomic mass is 10.2. The van der Waals surface area contributed by atoms with Gasteiger partial charge in [0.25, 0.3) is 10.1 Å². The van der Waals surface area contributed by atoms with E-state index in [0.29, 0.717) is 6.26 Å². The minimum atomic E-state index is -3.67. The Morgan fingerprint density at radius 1 is 1.38 bits per heavy atom. The molecule has 1 N–H and O–H groups in total. The van der Waals surface area contributed by atoms with Gasteiger partial charge in [0.2, 0.25) is 0 Å². The number of aromatic nitrogens is 1. The molecular formula is C11H20NO3S+. The number of hydrogen-bond acceptors (Lipinski definition) is 2. The molecule has 0 aliphatic carbocycles. The van der Waals surface area contributed by atoms with Crippen molar-refractivity contribution in [3.8, 4) is 0 Å². The van der Waals surface area contributed by atoms with Gasteiger partial charge in [-0.2, -0.15) is 8.42 Å². The van der Waals surface area contributed by atoms with Crippen LogP contribution in [0.4, 0.5) is 0 Å². The predicted molar refractivity (Wildman–Crippen MR) is 63.8 cm³/mol. The zero-order valence-electron chi connectivity index (χ0n) is 10.0. The van der Waals surface area contributed by atoms with Gasteiger partial charge in [-0.25, -0.2) is 4.57 Å². The topological polar surface area (TPSA) is 58.2 Å². The van der Waals surface area contributed by atoms with Crippen LogP contribution in [0.2, 0.25) is 0 Å². The summed E-state index contributed by atoms with van der Waals surface area (Å²) in [5.41, 5.74) is 1.44. The number of aryl methyl sites for hydroxylation is 2. The first kappa shape index (κ1) is 15.1. The highest BCUT2D eigenvalue weighted by Gasteiger charge is 1.97. The summed E-state index contributed by atoms with van der Waals surface area (Å²) in [7, 11) is -3.67. The molecule has 16 heavy (non-hydrogen) atoms. The van der Waals surface area contributed by atoms with Crippen LogP contribution >= 0.6 is 0 Å². The normalized spacial score (nSPS) is 10.5. The van der Waals surface area contributed by atoms with Gasteiger partial charge in [-0.15, -0.1) is 0 Å². The molecule has 0 spiro atoms. The highest BCUT2D eigenvalue weighted by molar-refractivity contribution is 7.85. The van der Waals surface area contributed by atoms with E-state index < -0.39 is 10.1 Å². The first-order valence-electron chi connectivity index (χ1n) is 5.27. The summed E-state index contributed by atoms with van der Waals surface area (Å²) in [5.74, 6) is 0. The standard InChI is InChI=1S/C10H16N.CH4O3S/c1-3-6-10-7-5-8-11(4-2)9-10;1-5(2,3)4/h5,7-9H,3-4,6H2,1-2H3;1H3,(H,2,3,4)/q+1;. The van der Waals surface area contributed by atoms with Crippen LogP contribution in [0, 0.1) is 0 Å². The van der Waals surface area contributed by atoms with Gasteiger partial charge in [-0.05, 0) is 19.4 Å². The zero-order valence-corrected chi connectivity index (χ0v) is 10.9. The lowest BCUT2D eigenvalue weighted by molar-refractivity contribution is -0.694. The van der Waals surface area contributed by atoms with E-state index in [1.165, 1.54) is 18.4 Å². The Balaban J connectivity index is 0.000000385. The van der Waals surface area contributed by atoms with Crippen molar-refractivity contribution in [2.75, 3.05) is 6.26 Å². The largest absolute Gasteiger partial charge is 0.286 e. The molecule has 0 saturated carbocycles. The predicted octanol–water partition coefficient (Wildman–Crippen LogP) is 1.45. The molecule has 0 radical (unpaired) electrons. The van der Waals surface area contributed by atoms with E-state index in [1.54, 1.807) is 0 Å². The van der Waals surface area contributed by atoms with Gasteiger partial charge < -0.3 is 0 Å². The third-order valence-corrected chi connectivity index (χ3v) is 1.82. The van der Waals surface area contributed by atoms with Gasteiger partial charge in [0, 0.05) is 11.6 Å². The molecule has 1 aromatic rings. The average molecular weight is 246 g/mol. The minimum absolute atomic E-state index is 0.715. The molecule has 5 heteroatoms. The summed E-state index contributed by atoms with van der Waals surface area (Å²) in [6.45, 7) is 5.44. The second kappa shape index (κ2) is 7.35. The molecular weight excluding hydrogens is 226 g/mol.